The first-order valence-electron chi connectivity index (χ1n) is 12.7. The third kappa shape index (κ3) is 5.46. The highest BCUT2D eigenvalue weighted by Gasteiger charge is 2.54. The monoisotopic (exact) mass is 532 g/mol. The molecule has 3 heterocycles. The molecular formula is C29H29FN4O5. The molecule has 1 unspecified atom stereocenters. The molecule has 1 atom stereocenters. The second-order valence-electron chi connectivity index (χ2n) is 9.52. The van der Waals surface area contributed by atoms with Crippen molar-refractivity contribution < 1.29 is 28.2 Å². The zero-order valence-electron chi connectivity index (χ0n) is 21.5. The Morgan fingerprint density at radius 3 is 2.46 bits per heavy atom. The Morgan fingerprint density at radius 2 is 1.77 bits per heavy atom. The molecule has 0 saturated carbocycles. The summed E-state index contributed by atoms with van der Waals surface area (Å²) in [5.74, 6) is -0.983. The summed E-state index contributed by atoms with van der Waals surface area (Å²) in [6.45, 7) is 0.779. The number of amides is 3. The van der Waals surface area contributed by atoms with Gasteiger partial charge in [0.1, 0.15) is 23.3 Å². The minimum atomic E-state index is -1.08. The minimum Gasteiger partial charge on any atom is -0.497 e. The van der Waals surface area contributed by atoms with Crippen LogP contribution in [0.5, 0.6) is 5.75 Å². The number of carbonyl (C=O) groups is 3. The van der Waals surface area contributed by atoms with E-state index in [4.69, 9.17) is 9.47 Å². The molecule has 0 radical (unpaired) electrons. The molecule has 2 fully saturated rings. The van der Waals surface area contributed by atoms with Crippen LogP contribution >= 0.6 is 0 Å². The van der Waals surface area contributed by atoms with Gasteiger partial charge in [-0.05, 0) is 48.5 Å². The highest BCUT2D eigenvalue weighted by atomic mass is 19.1. The van der Waals surface area contributed by atoms with E-state index >= 15 is 0 Å². The van der Waals surface area contributed by atoms with Crippen molar-refractivity contribution in [2.24, 2.45) is 0 Å². The number of aromatic nitrogens is 1. The van der Waals surface area contributed by atoms with Gasteiger partial charge in [0.05, 0.1) is 26.0 Å². The van der Waals surface area contributed by atoms with E-state index in [0.29, 0.717) is 29.8 Å². The van der Waals surface area contributed by atoms with Crippen LogP contribution < -0.4 is 10.1 Å². The molecule has 3 amide bonds. The normalized spacial score (nSPS) is 18.2. The van der Waals surface area contributed by atoms with Crippen LogP contribution in [-0.2, 0) is 16.1 Å². The maximum atomic E-state index is 13.9. The zero-order chi connectivity index (χ0) is 27.4. The number of benzene rings is 2. The van der Waals surface area contributed by atoms with E-state index in [0.717, 1.165) is 0 Å². The number of nitrogens with zero attached hydrogens (tertiary/aromatic N) is 3. The molecule has 2 aliphatic rings. The van der Waals surface area contributed by atoms with Crippen LogP contribution in [0.15, 0.2) is 72.9 Å². The maximum absolute atomic E-state index is 13.9. The average molecular weight is 533 g/mol. The van der Waals surface area contributed by atoms with Crippen LogP contribution in [0.25, 0.3) is 0 Å². The summed E-state index contributed by atoms with van der Waals surface area (Å²) in [7, 11) is 1.52. The number of carbonyl (C=O) groups excluding carboxylic acids is 3. The molecule has 2 saturated heterocycles. The Kier molecular flexibility index (Phi) is 7.56. The van der Waals surface area contributed by atoms with E-state index in [2.05, 4.69) is 10.3 Å². The number of methoxy groups -OCH3 is 1. The number of halogens is 1. The summed E-state index contributed by atoms with van der Waals surface area (Å²) < 4.78 is 25.2. The van der Waals surface area contributed by atoms with Crippen LogP contribution in [0.3, 0.4) is 0 Å². The number of ether oxygens (including phenoxy) is 2. The van der Waals surface area contributed by atoms with Gasteiger partial charge in [0.25, 0.3) is 11.8 Å². The van der Waals surface area contributed by atoms with Crippen molar-refractivity contribution in [1.29, 1.82) is 0 Å². The summed E-state index contributed by atoms with van der Waals surface area (Å²) in [5, 5.41) is 2.88. The van der Waals surface area contributed by atoms with Gasteiger partial charge in [-0.1, -0.05) is 18.2 Å². The molecule has 0 aliphatic carbocycles. The highest BCUT2D eigenvalue weighted by Crippen LogP contribution is 2.39. The second kappa shape index (κ2) is 11.2. The van der Waals surface area contributed by atoms with E-state index in [-0.39, 0.29) is 49.5 Å². The number of rotatable bonds is 6. The molecule has 2 aliphatic heterocycles. The predicted octanol–water partition coefficient (Wildman–Crippen LogP) is 3.02. The van der Waals surface area contributed by atoms with Crippen molar-refractivity contribution in [3.63, 3.8) is 0 Å². The first-order chi connectivity index (χ1) is 18.9. The van der Waals surface area contributed by atoms with E-state index in [1.165, 1.54) is 30.2 Å². The van der Waals surface area contributed by atoms with Gasteiger partial charge in [-0.25, -0.2) is 4.39 Å². The van der Waals surface area contributed by atoms with Crippen molar-refractivity contribution >= 4 is 17.7 Å². The van der Waals surface area contributed by atoms with Crippen molar-refractivity contribution in [2.75, 3.05) is 26.8 Å². The maximum Gasteiger partial charge on any atom is 0.257 e. The summed E-state index contributed by atoms with van der Waals surface area (Å²) in [4.78, 5) is 47.7. The van der Waals surface area contributed by atoms with E-state index in [9.17, 15) is 18.8 Å². The Morgan fingerprint density at radius 1 is 1.03 bits per heavy atom. The fraction of sp³-hybridized carbons (Fsp3) is 0.310. The average Bonchev–Trinajstić information content (AvgIpc) is 3.34. The lowest BCUT2D eigenvalue weighted by Gasteiger charge is -2.44. The van der Waals surface area contributed by atoms with Crippen LogP contribution in [0.4, 0.5) is 4.39 Å². The summed E-state index contributed by atoms with van der Waals surface area (Å²) >= 11 is 0. The SMILES string of the molecule is COc1cccc(C(=O)N2C(C(=O)NCc3ccccn3)COC23CCN(C(=O)c2cccc(F)c2)CC3)c1. The first-order valence-corrected chi connectivity index (χ1v) is 12.7. The van der Waals surface area contributed by atoms with Gasteiger partial charge >= 0.3 is 0 Å². The standard InChI is InChI=1S/C29H29FN4O5/c1-38-24-10-5-7-21(17-24)28(37)34-25(26(35)32-18-23-9-2-3-13-31-23)19-39-29(34)11-14-33(15-12-29)27(36)20-6-4-8-22(30)16-20/h2-10,13,16-17,25H,11-12,14-15,18-19H2,1H3,(H,32,35). The fourth-order valence-electron chi connectivity index (χ4n) is 5.12. The molecule has 3 aromatic rings. The molecule has 9 nitrogen and oxygen atoms in total. The van der Waals surface area contributed by atoms with Crippen molar-refractivity contribution in [1.82, 2.24) is 20.1 Å². The van der Waals surface area contributed by atoms with E-state index < -0.39 is 17.6 Å². The summed E-state index contributed by atoms with van der Waals surface area (Å²) in [6, 6.07) is 16.9. The van der Waals surface area contributed by atoms with Crippen molar-refractivity contribution in [3.8, 4) is 5.75 Å². The summed E-state index contributed by atoms with van der Waals surface area (Å²) in [5.41, 5.74) is 0.231. The van der Waals surface area contributed by atoms with Crippen molar-refractivity contribution in [2.45, 2.75) is 31.2 Å². The number of piperidine rings is 1. The number of pyridine rings is 1. The number of likely N-dealkylation sites (tertiary alicyclic amines) is 1. The van der Waals surface area contributed by atoms with Gasteiger partial charge in [-0.2, -0.15) is 0 Å². The molecule has 1 aromatic heterocycles. The molecule has 10 heteroatoms. The Hall–Kier alpha value is -4.31. The fourth-order valence-corrected chi connectivity index (χ4v) is 5.12. The lowest BCUT2D eigenvalue weighted by molar-refractivity contribution is -0.128. The van der Waals surface area contributed by atoms with Crippen LogP contribution in [0, 0.1) is 5.82 Å². The topological polar surface area (TPSA) is 101 Å². The zero-order valence-corrected chi connectivity index (χ0v) is 21.5. The lowest BCUT2D eigenvalue weighted by atomic mass is 9.96. The van der Waals surface area contributed by atoms with Crippen LogP contribution in [-0.4, -0.2) is 71.1 Å². The molecule has 0 bridgehead atoms. The summed E-state index contributed by atoms with van der Waals surface area (Å²) in [6.07, 6.45) is 2.24. The van der Waals surface area contributed by atoms with Gasteiger partial charge in [-0.15, -0.1) is 0 Å². The van der Waals surface area contributed by atoms with Crippen LogP contribution in [0.1, 0.15) is 39.3 Å². The molecular weight excluding hydrogens is 503 g/mol. The van der Waals surface area contributed by atoms with E-state index in [1.54, 1.807) is 53.6 Å². The minimum absolute atomic E-state index is 0.0155. The Bertz CT molecular complexity index is 1360. The van der Waals surface area contributed by atoms with Gasteiger partial charge in [0.2, 0.25) is 5.91 Å². The smallest absolute Gasteiger partial charge is 0.257 e. The molecule has 202 valence electrons. The van der Waals surface area contributed by atoms with Gasteiger partial charge in [-0.3, -0.25) is 24.3 Å². The van der Waals surface area contributed by atoms with E-state index in [1.807, 2.05) is 6.07 Å². The third-order valence-electron chi connectivity index (χ3n) is 7.17. The quantitative estimate of drug-likeness (QED) is 0.524. The largest absolute Gasteiger partial charge is 0.497 e. The molecule has 39 heavy (non-hydrogen) atoms. The number of hydrogen-bond donors (Lipinski definition) is 1. The predicted molar refractivity (Wildman–Crippen MR) is 139 cm³/mol. The van der Waals surface area contributed by atoms with Crippen molar-refractivity contribution in [3.05, 3.63) is 95.6 Å². The highest BCUT2D eigenvalue weighted by molar-refractivity contribution is 5.99. The Labute approximate surface area is 225 Å². The number of nitrogens with one attached hydrogen (secondary N) is 1. The van der Waals surface area contributed by atoms with Crippen LogP contribution in [0.2, 0.25) is 0 Å². The molecule has 2 aromatic carbocycles. The molecule has 1 N–H and O–H groups in total. The van der Waals surface area contributed by atoms with Gasteiger partial charge in [0.15, 0.2) is 0 Å². The second-order valence-corrected chi connectivity index (χ2v) is 9.52. The molecule has 5 rings (SSSR count). The molecule has 1 spiro atoms. The van der Waals surface area contributed by atoms with Gasteiger partial charge < -0.3 is 19.7 Å². The Balaban J connectivity index is 1.38. The number of hydrogen-bond acceptors (Lipinski definition) is 6. The lowest BCUT2D eigenvalue weighted by Crippen LogP contribution is -2.59. The third-order valence-corrected chi connectivity index (χ3v) is 7.17. The first kappa shape index (κ1) is 26.3. The van der Waals surface area contributed by atoms with Gasteiger partial charge in [0, 0.05) is 43.3 Å².